The maximum Gasteiger partial charge on any atom is 0.272 e. The molecule has 0 bridgehead atoms. The molecule has 1 aromatic heterocycles. The van der Waals surface area contributed by atoms with Crippen molar-refractivity contribution in [3.63, 3.8) is 0 Å². The zero-order valence-electron chi connectivity index (χ0n) is 15.7. The lowest BCUT2D eigenvalue weighted by Gasteiger charge is -2.28. The lowest BCUT2D eigenvalue weighted by molar-refractivity contribution is 0.0901. The zero-order chi connectivity index (χ0) is 20.6. The summed E-state index contributed by atoms with van der Waals surface area (Å²) in [7, 11) is -2.35. The van der Waals surface area contributed by atoms with Crippen LogP contribution in [-0.4, -0.2) is 30.1 Å². The van der Waals surface area contributed by atoms with E-state index in [4.69, 9.17) is 11.6 Å². The Balaban J connectivity index is 2.38. The standard InChI is InChI=1S/C17H22BrClN4O3S/c1-10(17(2,3)4)20-16(24)14-13(15(18)21-23(14)5)22-27(25,26)12-8-6-11(19)7-9-12/h6-10,22H,1-5H3,(H,20,24). The molecular weight excluding hydrogens is 456 g/mol. The average Bonchev–Trinajstić information content (AvgIpc) is 2.80. The van der Waals surface area contributed by atoms with Gasteiger partial charge in [0.2, 0.25) is 0 Å². The molecule has 1 unspecified atom stereocenters. The SMILES string of the molecule is CC(NC(=O)c1c(NS(=O)(=O)c2ccc(Cl)cc2)c(Br)nn1C)C(C)(C)C. The van der Waals surface area contributed by atoms with Crippen molar-refractivity contribution in [1.82, 2.24) is 15.1 Å². The fourth-order valence-corrected chi connectivity index (χ4v) is 3.99. The van der Waals surface area contributed by atoms with E-state index in [1.54, 1.807) is 7.05 Å². The second-order valence-corrected chi connectivity index (χ2v) is 10.1. The van der Waals surface area contributed by atoms with E-state index in [1.165, 1.54) is 28.9 Å². The van der Waals surface area contributed by atoms with E-state index in [1.807, 2.05) is 27.7 Å². The number of aryl methyl sites for hydroxylation is 1. The first kappa shape index (κ1) is 21.7. The van der Waals surface area contributed by atoms with Gasteiger partial charge in [-0.05, 0) is 52.5 Å². The van der Waals surface area contributed by atoms with Gasteiger partial charge >= 0.3 is 0 Å². The summed E-state index contributed by atoms with van der Waals surface area (Å²) in [5.74, 6) is -0.424. The number of sulfonamides is 1. The maximum atomic E-state index is 12.8. The zero-order valence-corrected chi connectivity index (χ0v) is 18.8. The molecule has 0 fully saturated rings. The number of nitrogens with zero attached hydrogens (tertiary/aromatic N) is 2. The molecule has 2 aromatic rings. The van der Waals surface area contributed by atoms with Crippen molar-refractivity contribution in [3.05, 3.63) is 39.6 Å². The number of carbonyl (C=O) groups is 1. The second-order valence-electron chi connectivity index (χ2n) is 7.26. The third kappa shape index (κ3) is 5.03. The van der Waals surface area contributed by atoms with Crippen LogP contribution in [0.3, 0.4) is 0 Å². The van der Waals surface area contributed by atoms with E-state index in [2.05, 4.69) is 31.1 Å². The molecule has 0 spiro atoms. The highest BCUT2D eigenvalue weighted by atomic mass is 79.9. The Kier molecular flexibility index (Phi) is 6.28. The van der Waals surface area contributed by atoms with Crippen molar-refractivity contribution < 1.29 is 13.2 Å². The van der Waals surface area contributed by atoms with Crippen LogP contribution in [0.15, 0.2) is 33.8 Å². The highest BCUT2D eigenvalue weighted by Gasteiger charge is 2.29. The molecule has 2 N–H and O–H groups in total. The summed E-state index contributed by atoms with van der Waals surface area (Å²) in [5.41, 5.74) is 0.0237. The molecule has 0 aliphatic heterocycles. The van der Waals surface area contributed by atoms with Gasteiger partial charge in [0.05, 0.1) is 4.90 Å². The van der Waals surface area contributed by atoms with Crippen LogP contribution in [0, 0.1) is 5.41 Å². The molecule has 2 rings (SSSR count). The van der Waals surface area contributed by atoms with Crippen LogP contribution in [0.4, 0.5) is 5.69 Å². The van der Waals surface area contributed by atoms with E-state index < -0.39 is 15.9 Å². The summed E-state index contributed by atoms with van der Waals surface area (Å²) < 4.78 is 29.4. The number of carbonyl (C=O) groups excluding carboxylic acids is 1. The van der Waals surface area contributed by atoms with E-state index in [0.29, 0.717) is 5.02 Å². The van der Waals surface area contributed by atoms with Gasteiger partial charge in [0.1, 0.15) is 5.69 Å². The summed E-state index contributed by atoms with van der Waals surface area (Å²) in [5, 5.41) is 7.43. The van der Waals surface area contributed by atoms with Crippen molar-refractivity contribution in [2.45, 2.75) is 38.6 Å². The molecule has 1 aromatic carbocycles. The van der Waals surface area contributed by atoms with Crippen LogP contribution in [0.25, 0.3) is 0 Å². The Bertz CT molecular complexity index is 950. The molecule has 7 nitrogen and oxygen atoms in total. The molecule has 0 aliphatic carbocycles. The fraction of sp³-hybridized carbons (Fsp3) is 0.412. The van der Waals surface area contributed by atoms with Crippen molar-refractivity contribution in [3.8, 4) is 0 Å². The Morgan fingerprint density at radius 3 is 2.33 bits per heavy atom. The molecular formula is C17H22BrClN4O3S. The van der Waals surface area contributed by atoms with E-state index in [0.717, 1.165) is 0 Å². The highest BCUT2D eigenvalue weighted by Crippen LogP contribution is 2.29. The number of anilines is 1. The Labute approximate surface area is 172 Å². The van der Waals surface area contributed by atoms with Gasteiger partial charge in [-0.1, -0.05) is 32.4 Å². The molecule has 0 aliphatic rings. The predicted molar refractivity (Wildman–Crippen MR) is 110 cm³/mol. The molecule has 27 heavy (non-hydrogen) atoms. The lowest BCUT2D eigenvalue weighted by atomic mass is 9.88. The van der Waals surface area contributed by atoms with Gasteiger partial charge in [0.15, 0.2) is 10.3 Å². The van der Waals surface area contributed by atoms with Gasteiger partial charge in [-0.3, -0.25) is 14.2 Å². The number of hydrogen-bond donors (Lipinski definition) is 2. The number of aromatic nitrogens is 2. The monoisotopic (exact) mass is 476 g/mol. The van der Waals surface area contributed by atoms with Crippen LogP contribution < -0.4 is 10.0 Å². The maximum absolute atomic E-state index is 12.8. The summed E-state index contributed by atoms with van der Waals surface area (Å²) in [6.45, 7) is 7.89. The van der Waals surface area contributed by atoms with E-state index in [-0.39, 0.29) is 32.3 Å². The molecule has 10 heteroatoms. The van der Waals surface area contributed by atoms with Crippen molar-refractivity contribution >= 4 is 49.1 Å². The summed E-state index contributed by atoms with van der Waals surface area (Å²) in [6.07, 6.45) is 0. The topological polar surface area (TPSA) is 93.1 Å². The van der Waals surface area contributed by atoms with Crippen molar-refractivity contribution in [2.24, 2.45) is 12.5 Å². The van der Waals surface area contributed by atoms with Crippen molar-refractivity contribution in [2.75, 3.05) is 4.72 Å². The average molecular weight is 478 g/mol. The molecule has 1 amide bonds. The summed E-state index contributed by atoms with van der Waals surface area (Å²) in [6, 6.07) is 5.59. The predicted octanol–water partition coefficient (Wildman–Crippen LogP) is 3.80. The van der Waals surface area contributed by atoms with Crippen molar-refractivity contribution in [1.29, 1.82) is 0 Å². The number of rotatable bonds is 5. The van der Waals surface area contributed by atoms with Gasteiger partial charge in [-0.2, -0.15) is 5.10 Å². The normalized spacial score (nSPS) is 13.3. The first-order valence-electron chi connectivity index (χ1n) is 8.14. The first-order valence-corrected chi connectivity index (χ1v) is 10.8. The Morgan fingerprint density at radius 1 is 1.26 bits per heavy atom. The van der Waals surface area contributed by atoms with E-state index in [9.17, 15) is 13.2 Å². The Hall–Kier alpha value is -1.58. The molecule has 1 atom stereocenters. The van der Waals surface area contributed by atoms with Crippen LogP contribution in [0.2, 0.25) is 5.02 Å². The second kappa shape index (κ2) is 7.81. The minimum atomic E-state index is -3.92. The van der Waals surface area contributed by atoms with E-state index >= 15 is 0 Å². The quantitative estimate of drug-likeness (QED) is 0.685. The number of nitrogens with one attached hydrogen (secondary N) is 2. The number of halogens is 2. The minimum absolute atomic E-state index is 0.0251. The molecule has 0 saturated heterocycles. The summed E-state index contributed by atoms with van der Waals surface area (Å²) >= 11 is 9.03. The number of amides is 1. The van der Waals surface area contributed by atoms with Crippen LogP contribution in [-0.2, 0) is 17.1 Å². The minimum Gasteiger partial charge on any atom is -0.348 e. The molecule has 0 saturated carbocycles. The van der Waals surface area contributed by atoms with Crippen LogP contribution >= 0.6 is 27.5 Å². The van der Waals surface area contributed by atoms with Crippen LogP contribution in [0.5, 0.6) is 0 Å². The van der Waals surface area contributed by atoms with Gasteiger partial charge < -0.3 is 5.32 Å². The third-order valence-corrected chi connectivity index (χ3v) is 6.40. The van der Waals surface area contributed by atoms with Gasteiger partial charge in [-0.25, -0.2) is 8.42 Å². The van der Waals surface area contributed by atoms with Gasteiger partial charge in [0, 0.05) is 18.1 Å². The van der Waals surface area contributed by atoms with Gasteiger partial charge in [0.25, 0.3) is 15.9 Å². The highest BCUT2D eigenvalue weighted by molar-refractivity contribution is 9.10. The summed E-state index contributed by atoms with van der Waals surface area (Å²) in [4.78, 5) is 12.8. The smallest absolute Gasteiger partial charge is 0.272 e. The third-order valence-electron chi connectivity index (χ3n) is 4.23. The number of benzene rings is 1. The largest absolute Gasteiger partial charge is 0.348 e. The molecule has 148 valence electrons. The van der Waals surface area contributed by atoms with Gasteiger partial charge in [-0.15, -0.1) is 0 Å². The lowest BCUT2D eigenvalue weighted by Crippen LogP contribution is -2.42. The van der Waals surface area contributed by atoms with Crippen LogP contribution in [0.1, 0.15) is 38.2 Å². The number of hydrogen-bond acceptors (Lipinski definition) is 4. The first-order chi connectivity index (χ1) is 12.3. The Morgan fingerprint density at radius 2 is 1.81 bits per heavy atom. The molecule has 0 radical (unpaired) electrons. The molecule has 1 heterocycles. The fourth-order valence-electron chi connectivity index (χ4n) is 2.13.